The molecule has 0 radical (unpaired) electrons. The van der Waals surface area contributed by atoms with E-state index in [9.17, 15) is 5.11 Å². The molecule has 0 spiro atoms. The summed E-state index contributed by atoms with van der Waals surface area (Å²) < 4.78 is 3.83. The predicted molar refractivity (Wildman–Crippen MR) is 116 cm³/mol. The molecule has 1 aliphatic rings. The fourth-order valence-corrected chi connectivity index (χ4v) is 4.17. The van der Waals surface area contributed by atoms with Gasteiger partial charge in [-0.1, -0.05) is 29.5 Å². The highest BCUT2D eigenvalue weighted by atomic mass is 16.3. The van der Waals surface area contributed by atoms with Gasteiger partial charge in [0.05, 0.1) is 30.2 Å². The minimum atomic E-state index is 0.0500. The molecule has 30 heavy (non-hydrogen) atoms. The van der Waals surface area contributed by atoms with Crippen molar-refractivity contribution in [1.82, 2.24) is 24.8 Å². The molecule has 1 atom stereocenters. The molecule has 2 N–H and O–H groups in total. The fraction of sp³-hybridized carbons (Fsp3) is 0.261. The van der Waals surface area contributed by atoms with Crippen LogP contribution in [0.1, 0.15) is 29.3 Å². The number of hydrogen-bond acceptors (Lipinski definition) is 5. The Kier molecular flexibility index (Phi) is 4.59. The van der Waals surface area contributed by atoms with Crippen LogP contribution >= 0.6 is 0 Å². The molecular weight excluding hydrogens is 376 g/mol. The second kappa shape index (κ2) is 7.42. The number of fused-ring (bicyclic) bond motifs is 3. The van der Waals surface area contributed by atoms with Gasteiger partial charge in [-0.05, 0) is 48.2 Å². The van der Waals surface area contributed by atoms with Gasteiger partial charge in [-0.3, -0.25) is 4.68 Å². The van der Waals surface area contributed by atoms with Gasteiger partial charge in [0.1, 0.15) is 0 Å². The number of rotatable bonds is 4. The normalized spacial score (nSPS) is 15.4. The molecule has 0 saturated carbocycles. The summed E-state index contributed by atoms with van der Waals surface area (Å²) in [5, 5.41) is 26.0. The van der Waals surface area contributed by atoms with E-state index in [0.717, 1.165) is 52.3 Å². The maximum absolute atomic E-state index is 9.32. The standard InChI is InChI=1S/C23H24N6O/c1-15-23-20-8-5-17(18-12-24-28(2)13-18)11-21(20)22(9-10-29(23)27-26-15)25-19-6-3-16(14-30)4-7-19/h3-8,11-13,22,25,30H,9-10,14H2,1-2H3. The van der Waals surface area contributed by atoms with Gasteiger partial charge in [0.15, 0.2) is 0 Å². The summed E-state index contributed by atoms with van der Waals surface area (Å²) in [4.78, 5) is 0. The summed E-state index contributed by atoms with van der Waals surface area (Å²) in [6, 6.07) is 14.6. The van der Waals surface area contributed by atoms with Gasteiger partial charge in [0.25, 0.3) is 0 Å². The van der Waals surface area contributed by atoms with Gasteiger partial charge in [0.2, 0.25) is 0 Å². The van der Waals surface area contributed by atoms with Crippen molar-refractivity contribution in [3.63, 3.8) is 0 Å². The van der Waals surface area contributed by atoms with Crippen LogP contribution in [-0.4, -0.2) is 29.9 Å². The van der Waals surface area contributed by atoms with Gasteiger partial charge in [0, 0.05) is 36.6 Å². The Balaban J connectivity index is 1.59. The SMILES string of the molecule is Cc1nnn2c1-c1ccc(-c3cnn(C)c3)cc1C(Nc1ccc(CO)cc1)CC2. The largest absolute Gasteiger partial charge is 0.392 e. The van der Waals surface area contributed by atoms with Crippen LogP contribution in [0.15, 0.2) is 54.9 Å². The van der Waals surface area contributed by atoms with Crippen molar-refractivity contribution in [3.8, 4) is 22.4 Å². The summed E-state index contributed by atoms with van der Waals surface area (Å²) >= 11 is 0. The molecule has 5 rings (SSSR count). The van der Waals surface area contributed by atoms with Crippen molar-refractivity contribution in [1.29, 1.82) is 0 Å². The van der Waals surface area contributed by atoms with E-state index in [1.807, 2.05) is 60.0 Å². The van der Waals surface area contributed by atoms with Crippen molar-refractivity contribution in [2.45, 2.75) is 32.5 Å². The van der Waals surface area contributed by atoms with Crippen molar-refractivity contribution < 1.29 is 5.11 Å². The van der Waals surface area contributed by atoms with Crippen LogP contribution in [0.2, 0.25) is 0 Å². The molecule has 1 aliphatic heterocycles. The lowest BCUT2D eigenvalue weighted by Crippen LogP contribution is -2.12. The minimum Gasteiger partial charge on any atom is -0.392 e. The molecule has 4 aromatic rings. The molecule has 152 valence electrons. The maximum atomic E-state index is 9.32. The van der Waals surface area contributed by atoms with E-state index in [2.05, 4.69) is 38.9 Å². The topological polar surface area (TPSA) is 80.8 Å². The number of benzene rings is 2. The Bertz CT molecular complexity index is 1190. The average Bonchev–Trinajstić information content (AvgIpc) is 3.32. The highest BCUT2D eigenvalue weighted by molar-refractivity contribution is 5.74. The number of anilines is 1. The molecule has 3 heterocycles. The number of nitrogens with zero attached hydrogens (tertiary/aromatic N) is 5. The van der Waals surface area contributed by atoms with Crippen LogP contribution in [0.3, 0.4) is 0 Å². The smallest absolute Gasteiger partial charge is 0.0918 e. The Hall–Kier alpha value is -3.45. The lowest BCUT2D eigenvalue weighted by molar-refractivity contribution is 0.282. The van der Waals surface area contributed by atoms with Crippen LogP contribution in [0, 0.1) is 6.92 Å². The summed E-state index contributed by atoms with van der Waals surface area (Å²) in [7, 11) is 1.93. The number of nitrogens with one attached hydrogen (secondary N) is 1. The molecule has 0 aliphatic carbocycles. The minimum absolute atomic E-state index is 0.0500. The van der Waals surface area contributed by atoms with Crippen molar-refractivity contribution in [2.75, 3.05) is 5.32 Å². The molecule has 2 aromatic heterocycles. The zero-order chi connectivity index (χ0) is 20.7. The van der Waals surface area contributed by atoms with Crippen molar-refractivity contribution in [2.24, 2.45) is 7.05 Å². The number of aryl methyl sites for hydroxylation is 3. The van der Waals surface area contributed by atoms with Crippen molar-refractivity contribution in [3.05, 3.63) is 71.7 Å². The maximum Gasteiger partial charge on any atom is 0.0918 e. The van der Waals surface area contributed by atoms with Gasteiger partial charge >= 0.3 is 0 Å². The molecule has 0 fully saturated rings. The van der Waals surface area contributed by atoms with E-state index in [1.165, 1.54) is 5.56 Å². The van der Waals surface area contributed by atoms with Gasteiger partial charge in [-0.25, -0.2) is 4.68 Å². The molecule has 0 saturated heterocycles. The van der Waals surface area contributed by atoms with E-state index in [1.54, 1.807) is 0 Å². The number of hydrogen-bond donors (Lipinski definition) is 2. The Morgan fingerprint density at radius 2 is 1.97 bits per heavy atom. The molecule has 0 amide bonds. The lowest BCUT2D eigenvalue weighted by atomic mass is 9.93. The quantitative estimate of drug-likeness (QED) is 0.546. The van der Waals surface area contributed by atoms with E-state index < -0.39 is 0 Å². The Labute approximate surface area is 175 Å². The number of aromatic nitrogens is 5. The first-order valence-electron chi connectivity index (χ1n) is 10.1. The first-order valence-corrected chi connectivity index (χ1v) is 10.1. The Morgan fingerprint density at radius 1 is 1.13 bits per heavy atom. The third-order valence-corrected chi connectivity index (χ3v) is 5.73. The van der Waals surface area contributed by atoms with Crippen LogP contribution in [0.4, 0.5) is 5.69 Å². The van der Waals surface area contributed by atoms with E-state index in [0.29, 0.717) is 0 Å². The summed E-state index contributed by atoms with van der Waals surface area (Å²) in [6.45, 7) is 2.85. The van der Waals surface area contributed by atoms with Crippen molar-refractivity contribution >= 4 is 5.69 Å². The lowest BCUT2D eigenvalue weighted by Gasteiger charge is -2.21. The molecule has 0 bridgehead atoms. The summed E-state index contributed by atoms with van der Waals surface area (Å²) in [6.07, 6.45) is 4.82. The zero-order valence-corrected chi connectivity index (χ0v) is 17.1. The average molecular weight is 400 g/mol. The number of aliphatic hydroxyl groups excluding tert-OH is 1. The van der Waals surface area contributed by atoms with Crippen LogP contribution < -0.4 is 5.32 Å². The molecule has 2 aromatic carbocycles. The van der Waals surface area contributed by atoms with E-state index in [-0.39, 0.29) is 12.6 Å². The molecule has 1 unspecified atom stereocenters. The van der Waals surface area contributed by atoms with Crippen LogP contribution in [-0.2, 0) is 20.2 Å². The fourth-order valence-electron chi connectivity index (χ4n) is 4.17. The monoisotopic (exact) mass is 400 g/mol. The van der Waals surface area contributed by atoms with E-state index in [4.69, 9.17) is 0 Å². The number of aliphatic hydroxyl groups is 1. The van der Waals surface area contributed by atoms with E-state index >= 15 is 0 Å². The van der Waals surface area contributed by atoms with Crippen LogP contribution in [0.5, 0.6) is 0 Å². The van der Waals surface area contributed by atoms with Gasteiger partial charge in [-0.15, -0.1) is 5.10 Å². The zero-order valence-electron chi connectivity index (χ0n) is 17.1. The third kappa shape index (κ3) is 3.27. The predicted octanol–water partition coefficient (Wildman–Crippen LogP) is 3.70. The Morgan fingerprint density at radius 3 is 2.70 bits per heavy atom. The third-order valence-electron chi connectivity index (χ3n) is 5.73. The summed E-state index contributed by atoms with van der Waals surface area (Å²) in [5.41, 5.74) is 8.59. The molecule has 7 nitrogen and oxygen atoms in total. The van der Waals surface area contributed by atoms with Crippen LogP contribution in [0.25, 0.3) is 22.4 Å². The highest BCUT2D eigenvalue weighted by Gasteiger charge is 2.25. The van der Waals surface area contributed by atoms with Gasteiger partial charge < -0.3 is 10.4 Å². The summed E-state index contributed by atoms with van der Waals surface area (Å²) in [5.74, 6) is 0. The first-order chi connectivity index (χ1) is 14.6. The second-order valence-electron chi connectivity index (χ2n) is 7.79. The molecular formula is C23H24N6O. The second-order valence-corrected chi connectivity index (χ2v) is 7.79. The molecule has 7 heteroatoms. The van der Waals surface area contributed by atoms with Gasteiger partial charge in [-0.2, -0.15) is 5.10 Å². The highest BCUT2D eigenvalue weighted by Crippen LogP contribution is 2.39. The first kappa shape index (κ1) is 18.6.